The normalized spacial score (nSPS) is 12.4. The van der Waals surface area contributed by atoms with E-state index in [1.165, 1.54) is 11.1 Å². The first-order valence-corrected chi connectivity index (χ1v) is 9.18. The quantitative estimate of drug-likeness (QED) is 0.513. The molecular weight excluding hydrogens is 312 g/mol. The predicted octanol–water partition coefficient (Wildman–Crippen LogP) is 3.64. The molecule has 0 aliphatic carbocycles. The molecule has 1 aliphatic rings. The van der Waals surface area contributed by atoms with Gasteiger partial charge in [-0.3, -0.25) is 9.69 Å². The van der Waals surface area contributed by atoms with Crippen molar-refractivity contribution in [1.82, 2.24) is 10.2 Å². The molecule has 1 aliphatic heterocycles. The topological polar surface area (TPSA) is 41.6 Å². The molecule has 4 heteroatoms. The van der Waals surface area contributed by atoms with Gasteiger partial charge >= 0.3 is 0 Å². The van der Waals surface area contributed by atoms with Gasteiger partial charge < -0.3 is 10.1 Å². The number of carbonyl (C=O) groups is 1. The number of nitrogens with one attached hydrogen (secondary N) is 1. The lowest BCUT2D eigenvalue weighted by Crippen LogP contribution is -2.35. The number of hydrogen-bond donors (Lipinski definition) is 1. The second-order valence-electron chi connectivity index (χ2n) is 4.80. The Hall–Kier alpha value is -1.83. The lowest BCUT2D eigenvalue weighted by molar-refractivity contribution is -0.109. The van der Waals surface area contributed by atoms with Crippen LogP contribution in [0.3, 0.4) is 0 Å². The molecular formula is C21H36N2O2. The predicted molar refractivity (Wildman–Crippen MR) is 107 cm³/mol. The average Bonchev–Trinajstić information content (AvgIpc) is 2.69. The number of ether oxygens (including phenoxy) is 1. The summed E-state index contributed by atoms with van der Waals surface area (Å²) in [4.78, 5) is 11.9. The molecule has 2 rings (SSSR count). The number of amides is 1. The minimum Gasteiger partial charge on any atom is -0.379 e. The van der Waals surface area contributed by atoms with Crippen molar-refractivity contribution in [1.29, 1.82) is 0 Å². The third-order valence-corrected chi connectivity index (χ3v) is 3.08. The molecule has 1 amide bonds. The smallest absolute Gasteiger partial charge is 0.207 e. The summed E-state index contributed by atoms with van der Waals surface area (Å²) in [5.41, 5.74) is 2.73. The van der Waals surface area contributed by atoms with Crippen LogP contribution in [0.4, 0.5) is 0 Å². The van der Waals surface area contributed by atoms with E-state index >= 15 is 0 Å². The molecule has 0 unspecified atom stereocenters. The SMILES string of the molecule is CC.CC.CC#CCNC=O.Cc1ccc(CN2CCOCC2)cc1. The Morgan fingerprint density at radius 1 is 1.12 bits per heavy atom. The van der Waals surface area contributed by atoms with E-state index in [1.54, 1.807) is 6.92 Å². The Kier molecular flexibility index (Phi) is 20.5. The van der Waals surface area contributed by atoms with Crippen LogP contribution in [0.15, 0.2) is 24.3 Å². The van der Waals surface area contributed by atoms with Gasteiger partial charge in [0.2, 0.25) is 6.41 Å². The number of carbonyl (C=O) groups excluding carboxylic acids is 1. The number of morpholine rings is 1. The van der Waals surface area contributed by atoms with Crippen molar-refractivity contribution in [3.05, 3.63) is 35.4 Å². The van der Waals surface area contributed by atoms with Crippen LogP contribution in [-0.4, -0.2) is 44.2 Å². The van der Waals surface area contributed by atoms with Gasteiger partial charge in [-0.15, -0.1) is 5.92 Å². The van der Waals surface area contributed by atoms with Crippen LogP contribution >= 0.6 is 0 Å². The monoisotopic (exact) mass is 348 g/mol. The van der Waals surface area contributed by atoms with Crippen LogP contribution in [0.2, 0.25) is 0 Å². The van der Waals surface area contributed by atoms with E-state index in [4.69, 9.17) is 4.74 Å². The average molecular weight is 349 g/mol. The fourth-order valence-electron chi connectivity index (χ4n) is 1.89. The maximum Gasteiger partial charge on any atom is 0.207 e. The highest BCUT2D eigenvalue weighted by molar-refractivity contribution is 5.46. The molecule has 1 aromatic carbocycles. The van der Waals surface area contributed by atoms with Gasteiger partial charge in [0.05, 0.1) is 19.8 Å². The van der Waals surface area contributed by atoms with Crippen molar-refractivity contribution in [3.63, 3.8) is 0 Å². The van der Waals surface area contributed by atoms with Crippen molar-refractivity contribution >= 4 is 6.41 Å². The Labute approximate surface area is 155 Å². The summed E-state index contributed by atoms with van der Waals surface area (Å²) in [6.45, 7) is 17.3. The zero-order valence-electron chi connectivity index (χ0n) is 16.9. The number of hydrogen-bond acceptors (Lipinski definition) is 3. The molecule has 0 saturated carbocycles. The second-order valence-corrected chi connectivity index (χ2v) is 4.80. The van der Waals surface area contributed by atoms with Gasteiger partial charge in [0, 0.05) is 19.6 Å². The maximum atomic E-state index is 9.50. The molecule has 0 atom stereocenters. The number of rotatable bonds is 4. The summed E-state index contributed by atoms with van der Waals surface area (Å²) in [5.74, 6) is 5.29. The van der Waals surface area contributed by atoms with E-state index in [2.05, 4.69) is 53.2 Å². The molecule has 1 N–H and O–H groups in total. The maximum absolute atomic E-state index is 9.50. The van der Waals surface area contributed by atoms with Gasteiger partial charge in [0.25, 0.3) is 0 Å². The second kappa shape index (κ2) is 20.2. The van der Waals surface area contributed by atoms with Gasteiger partial charge in [-0.05, 0) is 19.4 Å². The van der Waals surface area contributed by atoms with E-state index in [0.29, 0.717) is 13.0 Å². The third kappa shape index (κ3) is 15.4. The Balaban J connectivity index is 0. The Morgan fingerprint density at radius 2 is 1.68 bits per heavy atom. The van der Waals surface area contributed by atoms with Gasteiger partial charge in [0.1, 0.15) is 0 Å². The fraction of sp³-hybridized carbons (Fsp3) is 0.571. The van der Waals surface area contributed by atoms with Crippen LogP contribution in [0, 0.1) is 18.8 Å². The number of nitrogens with zero attached hydrogens (tertiary/aromatic N) is 1. The minimum atomic E-state index is 0.458. The first kappa shape index (κ1) is 25.4. The largest absolute Gasteiger partial charge is 0.379 e. The van der Waals surface area contributed by atoms with Crippen molar-refractivity contribution in [3.8, 4) is 11.8 Å². The molecule has 25 heavy (non-hydrogen) atoms. The van der Waals surface area contributed by atoms with Gasteiger partial charge in [-0.25, -0.2) is 0 Å². The van der Waals surface area contributed by atoms with Crippen molar-refractivity contribution in [2.45, 2.75) is 48.1 Å². The first-order chi connectivity index (χ1) is 12.3. The van der Waals surface area contributed by atoms with Crippen molar-refractivity contribution < 1.29 is 9.53 Å². The third-order valence-electron chi connectivity index (χ3n) is 3.08. The van der Waals surface area contributed by atoms with Crippen molar-refractivity contribution in [2.24, 2.45) is 0 Å². The van der Waals surface area contributed by atoms with Crippen LogP contribution < -0.4 is 5.32 Å². The van der Waals surface area contributed by atoms with Gasteiger partial charge in [-0.2, -0.15) is 0 Å². The summed E-state index contributed by atoms with van der Waals surface area (Å²) >= 11 is 0. The Bertz CT molecular complexity index is 455. The van der Waals surface area contributed by atoms with E-state index in [0.717, 1.165) is 32.8 Å². The minimum absolute atomic E-state index is 0.458. The zero-order valence-corrected chi connectivity index (χ0v) is 16.9. The van der Waals surface area contributed by atoms with Crippen LogP contribution in [0.25, 0.3) is 0 Å². The zero-order chi connectivity index (χ0) is 19.3. The molecule has 0 radical (unpaired) electrons. The highest BCUT2D eigenvalue weighted by Gasteiger charge is 2.09. The molecule has 0 spiro atoms. The summed E-state index contributed by atoms with van der Waals surface area (Å²) in [6, 6.07) is 8.78. The molecule has 142 valence electrons. The van der Waals surface area contributed by atoms with E-state index in [9.17, 15) is 4.79 Å². The molecule has 1 fully saturated rings. The highest BCUT2D eigenvalue weighted by Crippen LogP contribution is 2.08. The summed E-state index contributed by atoms with van der Waals surface area (Å²) in [7, 11) is 0. The Morgan fingerprint density at radius 3 is 2.16 bits per heavy atom. The van der Waals surface area contributed by atoms with Crippen LogP contribution in [0.5, 0.6) is 0 Å². The van der Waals surface area contributed by atoms with E-state index in [1.807, 2.05) is 27.7 Å². The fourth-order valence-corrected chi connectivity index (χ4v) is 1.89. The number of benzene rings is 1. The molecule has 1 heterocycles. The molecule has 0 bridgehead atoms. The summed E-state index contributed by atoms with van der Waals surface area (Å²) in [5, 5.41) is 2.40. The summed E-state index contributed by atoms with van der Waals surface area (Å²) in [6.07, 6.45) is 0.629. The summed E-state index contributed by atoms with van der Waals surface area (Å²) < 4.78 is 5.31. The number of aryl methyl sites for hydroxylation is 1. The molecule has 1 aromatic rings. The molecule has 0 aromatic heterocycles. The van der Waals surface area contributed by atoms with Gasteiger partial charge in [-0.1, -0.05) is 63.4 Å². The lowest BCUT2D eigenvalue weighted by Gasteiger charge is -2.26. The van der Waals surface area contributed by atoms with Crippen LogP contribution in [0.1, 0.15) is 45.7 Å². The van der Waals surface area contributed by atoms with Crippen LogP contribution in [-0.2, 0) is 16.1 Å². The molecule has 4 nitrogen and oxygen atoms in total. The molecule has 1 saturated heterocycles. The highest BCUT2D eigenvalue weighted by atomic mass is 16.5. The van der Waals surface area contributed by atoms with E-state index < -0.39 is 0 Å². The van der Waals surface area contributed by atoms with E-state index in [-0.39, 0.29) is 0 Å². The van der Waals surface area contributed by atoms with Gasteiger partial charge in [0.15, 0.2) is 0 Å². The standard InChI is InChI=1S/C12H17NO.C5H7NO.2C2H6/c1-11-2-4-12(5-3-11)10-13-6-8-14-9-7-13;1-2-3-4-6-5-7;2*1-2/h2-5H,6-10H2,1H3;5H,4H2,1H3,(H,6,7);2*1-2H3. The first-order valence-electron chi connectivity index (χ1n) is 9.18. The van der Waals surface area contributed by atoms with Crippen molar-refractivity contribution in [2.75, 3.05) is 32.8 Å². The lowest BCUT2D eigenvalue weighted by atomic mass is 10.1.